The molecule has 2 aliphatic rings. The lowest BCUT2D eigenvalue weighted by atomic mass is 10.3. The van der Waals surface area contributed by atoms with Crippen LogP contribution in [-0.4, -0.2) is 39.1 Å². The number of nitrogens with one attached hydrogen (secondary N) is 2. The Morgan fingerprint density at radius 1 is 1.14 bits per heavy atom. The molecule has 2 heterocycles. The van der Waals surface area contributed by atoms with Gasteiger partial charge in [-0.25, -0.2) is 18.1 Å². The molecule has 0 fully saturated rings. The van der Waals surface area contributed by atoms with Crippen molar-refractivity contribution in [2.24, 2.45) is 0 Å². The van der Waals surface area contributed by atoms with E-state index in [1.165, 1.54) is 28.3 Å². The summed E-state index contributed by atoms with van der Waals surface area (Å²) in [4.78, 5) is 17.8. The number of hydrogen-bond donors (Lipinski definition) is 2. The summed E-state index contributed by atoms with van der Waals surface area (Å²) >= 11 is 1.49. The Hall–Kier alpha value is -2.17. The molecule has 0 unspecified atom stereocenters. The number of carbonyl (C=O) groups excluding carboxylic acids is 1. The second kappa shape index (κ2) is 8.06. The zero-order chi connectivity index (χ0) is 19.6. The lowest BCUT2D eigenvalue weighted by molar-refractivity contribution is -0.116. The summed E-state index contributed by atoms with van der Waals surface area (Å²) in [5, 5.41) is 3.33. The minimum absolute atomic E-state index is 0.00625. The number of anilines is 1. The van der Waals surface area contributed by atoms with Gasteiger partial charge in [-0.1, -0.05) is 0 Å². The zero-order valence-electron chi connectivity index (χ0n) is 15.2. The fraction of sp³-hybridized carbons (Fsp3) is 0.444. The fourth-order valence-electron chi connectivity index (χ4n) is 3.12. The summed E-state index contributed by atoms with van der Waals surface area (Å²) in [6.07, 6.45) is 3.85. The lowest BCUT2D eigenvalue weighted by Crippen LogP contribution is -2.27. The molecule has 0 atom stereocenters. The Kier molecular flexibility index (Phi) is 5.51. The number of benzene rings is 1. The van der Waals surface area contributed by atoms with Crippen LogP contribution in [0.5, 0.6) is 11.5 Å². The number of sulfonamides is 1. The standard InChI is InChI=1S/C18H21N3O5S2/c22-17(21-18-20-13-3-1-4-16(13)27-18)7-8-19-28(23,24)12-5-6-14-15(11-12)26-10-2-9-25-14/h5-6,11,19H,1-4,7-10H2,(H,20,21,22). The van der Waals surface area contributed by atoms with Gasteiger partial charge in [-0.05, 0) is 31.4 Å². The SMILES string of the molecule is O=C(CCNS(=O)(=O)c1ccc2c(c1)OCCCO2)Nc1nc2c(s1)CCC2. The molecule has 2 N–H and O–H groups in total. The van der Waals surface area contributed by atoms with E-state index in [-0.39, 0.29) is 23.8 Å². The van der Waals surface area contributed by atoms with Crippen molar-refractivity contribution in [3.05, 3.63) is 28.8 Å². The maximum Gasteiger partial charge on any atom is 0.240 e. The summed E-state index contributed by atoms with van der Waals surface area (Å²) in [5.74, 6) is 0.676. The first kappa shape index (κ1) is 19.2. The first-order chi connectivity index (χ1) is 13.5. The van der Waals surface area contributed by atoms with Gasteiger partial charge in [0.25, 0.3) is 0 Å². The van der Waals surface area contributed by atoms with Crippen LogP contribution in [0.4, 0.5) is 5.13 Å². The third-order valence-corrected chi connectivity index (χ3v) is 7.05. The van der Waals surface area contributed by atoms with Crippen LogP contribution >= 0.6 is 11.3 Å². The van der Waals surface area contributed by atoms with Gasteiger partial charge in [0.2, 0.25) is 15.9 Å². The van der Waals surface area contributed by atoms with Crippen LogP contribution in [-0.2, 0) is 27.7 Å². The van der Waals surface area contributed by atoms with E-state index in [9.17, 15) is 13.2 Å². The molecule has 1 amide bonds. The molecule has 2 aromatic rings. The smallest absolute Gasteiger partial charge is 0.240 e. The Labute approximate surface area is 167 Å². The van der Waals surface area contributed by atoms with Crippen LogP contribution in [0.25, 0.3) is 0 Å². The van der Waals surface area contributed by atoms with Crippen molar-refractivity contribution >= 4 is 32.4 Å². The number of amides is 1. The van der Waals surface area contributed by atoms with Crippen molar-refractivity contribution in [3.63, 3.8) is 0 Å². The Morgan fingerprint density at radius 3 is 2.79 bits per heavy atom. The second-order valence-electron chi connectivity index (χ2n) is 6.60. The molecule has 0 bridgehead atoms. The van der Waals surface area contributed by atoms with E-state index in [0.717, 1.165) is 31.4 Å². The summed E-state index contributed by atoms with van der Waals surface area (Å²) in [7, 11) is -3.75. The van der Waals surface area contributed by atoms with Gasteiger partial charge >= 0.3 is 0 Å². The molecule has 28 heavy (non-hydrogen) atoms. The van der Waals surface area contributed by atoms with Crippen molar-refractivity contribution < 1.29 is 22.7 Å². The molecule has 0 radical (unpaired) electrons. The number of nitrogens with zero attached hydrogens (tertiary/aromatic N) is 1. The maximum atomic E-state index is 12.5. The Bertz CT molecular complexity index is 966. The molecular weight excluding hydrogens is 402 g/mol. The number of aromatic nitrogens is 1. The summed E-state index contributed by atoms with van der Waals surface area (Å²) in [6.45, 7) is 1.01. The molecule has 1 aromatic carbocycles. The normalized spacial score (nSPS) is 15.7. The van der Waals surface area contributed by atoms with E-state index in [1.807, 2.05) is 0 Å². The topological polar surface area (TPSA) is 107 Å². The molecule has 10 heteroatoms. The Morgan fingerprint density at radius 2 is 1.96 bits per heavy atom. The van der Waals surface area contributed by atoms with Gasteiger partial charge in [0, 0.05) is 30.3 Å². The minimum Gasteiger partial charge on any atom is -0.490 e. The number of thiazole rings is 1. The lowest BCUT2D eigenvalue weighted by Gasteiger charge is -2.10. The van der Waals surface area contributed by atoms with Gasteiger partial charge in [0.1, 0.15) is 0 Å². The predicted molar refractivity (Wildman–Crippen MR) is 105 cm³/mol. The molecular formula is C18H21N3O5S2. The van der Waals surface area contributed by atoms with Crippen molar-refractivity contribution in [2.75, 3.05) is 25.1 Å². The van der Waals surface area contributed by atoms with E-state index >= 15 is 0 Å². The van der Waals surface area contributed by atoms with Gasteiger partial charge in [0.05, 0.1) is 23.8 Å². The van der Waals surface area contributed by atoms with E-state index in [1.54, 1.807) is 6.07 Å². The molecule has 0 saturated carbocycles. The first-order valence-corrected chi connectivity index (χ1v) is 11.5. The molecule has 1 aliphatic carbocycles. The monoisotopic (exact) mass is 423 g/mol. The summed E-state index contributed by atoms with van der Waals surface area (Å²) in [6, 6.07) is 4.50. The van der Waals surface area contributed by atoms with Gasteiger partial charge < -0.3 is 14.8 Å². The molecule has 1 aromatic heterocycles. The van der Waals surface area contributed by atoms with Crippen LogP contribution in [0.2, 0.25) is 0 Å². The molecule has 8 nitrogen and oxygen atoms in total. The molecule has 1 aliphatic heterocycles. The van der Waals surface area contributed by atoms with E-state index in [2.05, 4.69) is 15.0 Å². The average molecular weight is 424 g/mol. The first-order valence-electron chi connectivity index (χ1n) is 9.19. The number of aryl methyl sites for hydroxylation is 2. The zero-order valence-corrected chi connectivity index (χ0v) is 16.8. The molecule has 4 rings (SSSR count). The number of carbonyl (C=O) groups is 1. The van der Waals surface area contributed by atoms with E-state index in [4.69, 9.17) is 9.47 Å². The quantitative estimate of drug-likeness (QED) is 0.737. The van der Waals surface area contributed by atoms with Crippen LogP contribution in [0.15, 0.2) is 23.1 Å². The highest BCUT2D eigenvalue weighted by molar-refractivity contribution is 7.89. The van der Waals surface area contributed by atoms with Crippen LogP contribution in [0.1, 0.15) is 29.8 Å². The van der Waals surface area contributed by atoms with Crippen LogP contribution in [0, 0.1) is 0 Å². The summed E-state index contributed by atoms with van der Waals surface area (Å²) in [5.41, 5.74) is 1.07. The van der Waals surface area contributed by atoms with Crippen molar-refractivity contribution in [1.29, 1.82) is 0 Å². The van der Waals surface area contributed by atoms with Crippen molar-refractivity contribution in [2.45, 2.75) is 37.0 Å². The van der Waals surface area contributed by atoms with Gasteiger partial charge in [-0.2, -0.15) is 0 Å². The highest BCUT2D eigenvalue weighted by Crippen LogP contribution is 2.32. The number of rotatable bonds is 6. The largest absolute Gasteiger partial charge is 0.490 e. The van der Waals surface area contributed by atoms with Crippen LogP contribution in [0.3, 0.4) is 0 Å². The summed E-state index contributed by atoms with van der Waals surface area (Å²) < 4.78 is 38.5. The third kappa shape index (κ3) is 4.29. The predicted octanol–water partition coefficient (Wildman–Crippen LogP) is 2.10. The molecule has 0 saturated heterocycles. The van der Waals surface area contributed by atoms with Gasteiger partial charge in [-0.3, -0.25) is 4.79 Å². The third-order valence-electron chi connectivity index (χ3n) is 4.52. The van der Waals surface area contributed by atoms with E-state index < -0.39 is 10.0 Å². The highest BCUT2D eigenvalue weighted by Gasteiger charge is 2.20. The maximum absolute atomic E-state index is 12.5. The molecule has 150 valence electrons. The van der Waals surface area contributed by atoms with Gasteiger partial charge in [-0.15, -0.1) is 11.3 Å². The van der Waals surface area contributed by atoms with Crippen LogP contribution < -0.4 is 19.5 Å². The number of hydrogen-bond acceptors (Lipinski definition) is 7. The van der Waals surface area contributed by atoms with Crippen molar-refractivity contribution in [3.8, 4) is 11.5 Å². The highest BCUT2D eigenvalue weighted by atomic mass is 32.2. The Balaban J connectivity index is 1.32. The minimum atomic E-state index is -3.75. The fourth-order valence-corrected chi connectivity index (χ4v) is 5.23. The van der Waals surface area contributed by atoms with Gasteiger partial charge in [0.15, 0.2) is 16.6 Å². The molecule has 0 spiro atoms. The van der Waals surface area contributed by atoms with Crippen molar-refractivity contribution in [1.82, 2.24) is 9.71 Å². The second-order valence-corrected chi connectivity index (χ2v) is 9.45. The average Bonchev–Trinajstić information content (AvgIpc) is 3.14. The van der Waals surface area contributed by atoms with E-state index in [0.29, 0.717) is 29.8 Å². The number of fused-ring (bicyclic) bond motifs is 2. The number of ether oxygens (including phenoxy) is 2.